The molecule has 1 aliphatic rings. The fraction of sp³-hybridized carbons (Fsp3) is 1.00. The zero-order valence-electron chi connectivity index (χ0n) is 7.39. The van der Waals surface area contributed by atoms with E-state index in [4.69, 9.17) is 0 Å². The molecule has 0 aromatic rings. The molecule has 1 aliphatic heterocycles. The van der Waals surface area contributed by atoms with Gasteiger partial charge in [0.2, 0.25) is 0 Å². The minimum absolute atomic E-state index is 0.210. The van der Waals surface area contributed by atoms with Crippen molar-refractivity contribution in [1.82, 2.24) is 4.13 Å². The maximum absolute atomic E-state index is 11.8. The molecule has 1 fully saturated rings. The molecular formula is C4H6F3NO6S2. The summed E-state index contributed by atoms with van der Waals surface area (Å²) in [5, 5.41) is 0. The fourth-order valence-electron chi connectivity index (χ4n) is 0.535. The van der Waals surface area contributed by atoms with Crippen molar-refractivity contribution in [3.63, 3.8) is 0 Å². The number of rotatable bonds is 5. The molecule has 12 heteroatoms. The molecule has 1 N–H and O–H groups in total. The number of ether oxygens (including phenoxy) is 1. The molecule has 1 heterocycles. The van der Waals surface area contributed by atoms with Crippen LogP contribution in [0.1, 0.15) is 0 Å². The van der Waals surface area contributed by atoms with Gasteiger partial charge in [0.05, 0.1) is 13.2 Å². The van der Waals surface area contributed by atoms with Gasteiger partial charge >= 0.3 is 25.8 Å². The van der Waals surface area contributed by atoms with E-state index in [-0.39, 0.29) is 6.61 Å². The summed E-state index contributed by atoms with van der Waals surface area (Å²) in [4.78, 5) is 0. The van der Waals surface area contributed by atoms with Gasteiger partial charge in [-0.2, -0.15) is 21.6 Å². The Labute approximate surface area is 88.8 Å². The molecule has 0 spiro atoms. The van der Waals surface area contributed by atoms with Gasteiger partial charge in [-0.15, -0.1) is 0 Å². The molecule has 96 valence electrons. The standard InChI is InChI=1S/C4H6F3NO6S2/c5-4(6,7)15(9,10)8-16(11,12)14-2-3-1-13-3/h3,8H,1-2H2. The van der Waals surface area contributed by atoms with E-state index in [1.807, 2.05) is 0 Å². The first-order valence-corrected chi connectivity index (χ1v) is 6.53. The smallest absolute Gasteiger partial charge is 0.371 e. The summed E-state index contributed by atoms with van der Waals surface area (Å²) in [5.74, 6) is 0. The molecule has 1 atom stereocenters. The van der Waals surface area contributed by atoms with Crippen LogP contribution in [0.2, 0.25) is 0 Å². The lowest BCUT2D eigenvalue weighted by atomic mass is 10.5. The van der Waals surface area contributed by atoms with E-state index in [2.05, 4.69) is 8.92 Å². The molecule has 0 aromatic heterocycles. The minimum atomic E-state index is -5.99. The van der Waals surface area contributed by atoms with E-state index in [0.717, 1.165) is 0 Å². The Morgan fingerprint density at radius 1 is 1.31 bits per heavy atom. The van der Waals surface area contributed by atoms with Crippen LogP contribution < -0.4 is 4.13 Å². The lowest BCUT2D eigenvalue weighted by Crippen LogP contribution is -2.41. The average Bonchev–Trinajstić information content (AvgIpc) is 2.78. The van der Waals surface area contributed by atoms with E-state index in [0.29, 0.717) is 4.13 Å². The second-order valence-corrected chi connectivity index (χ2v) is 6.01. The van der Waals surface area contributed by atoms with Crippen molar-refractivity contribution in [3.8, 4) is 0 Å². The van der Waals surface area contributed by atoms with Gasteiger partial charge < -0.3 is 4.74 Å². The Kier molecular flexibility index (Phi) is 3.50. The van der Waals surface area contributed by atoms with Gasteiger partial charge in [-0.1, -0.05) is 4.13 Å². The molecule has 0 radical (unpaired) electrons. The minimum Gasteiger partial charge on any atom is -0.371 e. The molecule has 1 unspecified atom stereocenters. The molecule has 0 aliphatic carbocycles. The van der Waals surface area contributed by atoms with Crippen LogP contribution in [0.4, 0.5) is 13.2 Å². The molecule has 0 bridgehead atoms. The highest BCUT2D eigenvalue weighted by molar-refractivity contribution is 8.03. The summed E-state index contributed by atoms with van der Waals surface area (Å²) < 4.78 is 86.5. The van der Waals surface area contributed by atoms with Crippen molar-refractivity contribution in [3.05, 3.63) is 0 Å². The van der Waals surface area contributed by atoms with Crippen molar-refractivity contribution in [2.45, 2.75) is 11.6 Å². The Bertz CT molecular complexity index is 449. The van der Waals surface area contributed by atoms with Gasteiger partial charge in [0.1, 0.15) is 6.10 Å². The quantitative estimate of drug-likeness (QED) is 0.656. The topological polar surface area (TPSA) is 102 Å². The molecule has 1 saturated heterocycles. The van der Waals surface area contributed by atoms with E-state index in [9.17, 15) is 30.0 Å². The molecule has 7 nitrogen and oxygen atoms in total. The SMILES string of the molecule is O=S(=O)(NS(=O)(=O)C(F)(F)F)OCC1CO1. The van der Waals surface area contributed by atoms with Gasteiger partial charge in [-0.05, 0) is 0 Å². The molecule has 1 rings (SSSR count). The van der Waals surface area contributed by atoms with E-state index in [1.165, 1.54) is 0 Å². The highest BCUT2D eigenvalue weighted by Gasteiger charge is 2.48. The van der Waals surface area contributed by atoms with Crippen LogP contribution in [-0.4, -0.2) is 41.7 Å². The number of hydrogen-bond donors (Lipinski definition) is 1. The maximum Gasteiger partial charge on any atom is 0.512 e. The summed E-state index contributed by atoms with van der Waals surface area (Å²) in [6.45, 7) is -0.329. The van der Waals surface area contributed by atoms with Gasteiger partial charge in [0, 0.05) is 0 Å². The molecule has 0 saturated carbocycles. The van der Waals surface area contributed by atoms with Crippen LogP contribution in [0.15, 0.2) is 0 Å². The summed E-state index contributed by atoms with van der Waals surface area (Å²) in [7, 11) is -11.0. The van der Waals surface area contributed by atoms with Gasteiger partial charge in [-0.3, -0.25) is 4.18 Å². The van der Waals surface area contributed by atoms with E-state index < -0.39 is 38.5 Å². The lowest BCUT2D eigenvalue weighted by Gasteiger charge is -2.09. The van der Waals surface area contributed by atoms with Crippen LogP contribution in [0.3, 0.4) is 0 Å². The number of hydrogen-bond acceptors (Lipinski definition) is 6. The first-order valence-electron chi connectivity index (χ1n) is 3.64. The Morgan fingerprint density at radius 2 is 1.81 bits per heavy atom. The Balaban J connectivity index is 2.64. The molecule has 0 aromatic carbocycles. The molecule has 0 amide bonds. The van der Waals surface area contributed by atoms with Crippen LogP contribution in [0.5, 0.6) is 0 Å². The fourth-order valence-corrected chi connectivity index (χ4v) is 2.51. The number of alkyl halides is 3. The maximum atomic E-state index is 11.8. The van der Waals surface area contributed by atoms with Crippen molar-refractivity contribution >= 4 is 20.3 Å². The number of nitrogens with one attached hydrogen (secondary N) is 1. The average molecular weight is 285 g/mol. The number of halogens is 3. The van der Waals surface area contributed by atoms with Crippen LogP contribution >= 0.6 is 0 Å². The summed E-state index contributed by atoms with van der Waals surface area (Å²) in [6, 6.07) is 0. The predicted octanol–water partition coefficient (Wildman–Crippen LogP) is -0.914. The normalized spacial score (nSPS) is 22.1. The van der Waals surface area contributed by atoms with Crippen LogP contribution in [0, 0.1) is 0 Å². The van der Waals surface area contributed by atoms with Gasteiger partial charge in [-0.25, -0.2) is 8.42 Å². The number of sulfonamides is 1. The highest BCUT2D eigenvalue weighted by Crippen LogP contribution is 2.22. The zero-order valence-corrected chi connectivity index (χ0v) is 9.02. The third kappa shape index (κ3) is 3.86. The van der Waals surface area contributed by atoms with Crippen molar-refractivity contribution < 1.29 is 38.9 Å². The second kappa shape index (κ2) is 4.10. The third-order valence-corrected chi connectivity index (χ3v) is 4.08. The monoisotopic (exact) mass is 285 g/mol. The lowest BCUT2D eigenvalue weighted by molar-refractivity contribution is -0.0442. The van der Waals surface area contributed by atoms with Gasteiger partial charge in [0.25, 0.3) is 0 Å². The van der Waals surface area contributed by atoms with Crippen LogP contribution in [-0.2, 0) is 29.2 Å². The summed E-state index contributed by atoms with van der Waals surface area (Å²) in [5.41, 5.74) is -5.72. The van der Waals surface area contributed by atoms with E-state index in [1.54, 1.807) is 0 Å². The first-order chi connectivity index (χ1) is 7.04. The van der Waals surface area contributed by atoms with Crippen molar-refractivity contribution in [2.24, 2.45) is 0 Å². The second-order valence-electron chi connectivity index (χ2n) is 2.73. The zero-order chi connectivity index (χ0) is 12.6. The molecular weight excluding hydrogens is 279 g/mol. The highest BCUT2D eigenvalue weighted by atomic mass is 32.3. The van der Waals surface area contributed by atoms with Crippen molar-refractivity contribution in [1.29, 1.82) is 0 Å². The third-order valence-electron chi connectivity index (χ3n) is 1.33. The largest absolute Gasteiger partial charge is 0.512 e. The predicted molar refractivity (Wildman–Crippen MR) is 42.7 cm³/mol. The summed E-state index contributed by atoms with van der Waals surface area (Å²) in [6.07, 6.45) is -0.537. The van der Waals surface area contributed by atoms with E-state index >= 15 is 0 Å². The molecule has 16 heavy (non-hydrogen) atoms. The van der Waals surface area contributed by atoms with Crippen molar-refractivity contribution in [2.75, 3.05) is 13.2 Å². The van der Waals surface area contributed by atoms with Gasteiger partial charge in [0.15, 0.2) is 0 Å². The summed E-state index contributed by atoms with van der Waals surface area (Å²) >= 11 is 0. The van der Waals surface area contributed by atoms with Crippen LogP contribution in [0.25, 0.3) is 0 Å². The Morgan fingerprint density at radius 3 is 2.19 bits per heavy atom. The Hall–Kier alpha value is -0.430. The number of epoxide rings is 1. The first kappa shape index (κ1) is 13.6.